The smallest absolute Gasteiger partial charge is 0.335 e. The van der Waals surface area contributed by atoms with Crippen LogP contribution in [0.1, 0.15) is 15.9 Å². The van der Waals surface area contributed by atoms with E-state index in [4.69, 9.17) is 10.8 Å². The van der Waals surface area contributed by atoms with Crippen LogP contribution in [-0.2, 0) is 0 Å². The molecule has 1 rings (SSSR count). The van der Waals surface area contributed by atoms with E-state index in [1.807, 2.05) is 0 Å². The summed E-state index contributed by atoms with van der Waals surface area (Å²) in [6.45, 7) is 0.152. The lowest BCUT2D eigenvalue weighted by Crippen LogP contribution is -2.01. The van der Waals surface area contributed by atoms with Crippen molar-refractivity contribution in [3.05, 3.63) is 41.0 Å². The van der Waals surface area contributed by atoms with E-state index in [1.165, 1.54) is 12.2 Å². The van der Waals surface area contributed by atoms with Crippen molar-refractivity contribution in [1.29, 1.82) is 0 Å². The maximum absolute atomic E-state index is 13.2. The monoisotopic (exact) mass is 213 g/mol. The molecule has 0 radical (unpaired) electrons. The van der Waals surface area contributed by atoms with E-state index in [0.29, 0.717) is 0 Å². The molecule has 0 unspecified atom stereocenters. The van der Waals surface area contributed by atoms with Gasteiger partial charge in [-0.05, 0) is 12.1 Å². The van der Waals surface area contributed by atoms with Gasteiger partial charge >= 0.3 is 5.97 Å². The highest BCUT2D eigenvalue weighted by molar-refractivity contribution is 5.88. The summed E-state index contributed by atoms with van der Waals surface area (Å²) in [4.78, 5) is 10.5. The SMILES string of the molecule is NCC=Cc1c(F)cc(C(=O)O)cc1F. The molecule has 0 heterocycles. The lowest BCUT2D eigenvalue weighted by molar-refractivity contribution is 0.0695. The highest BCUT2D eigenvalue weighted by atomic mass is 19.1. The number of aromatic carboxylic acids is 1. The van der Waals surface area contributed by atoms with Crippen LogP contribution in [0.25, 0.3) is 6.08 Å². The molecule has 0 aromatic heterocycles. The third-order valence-electron chi connectivity index (χ3n) is 1.75. The first-order chi connectivity index (χ1) is 7.06. The molecule has 80 valence electrons. The summed E-state index contributed by atoms with van der Waals surface area (Å²) in [5, 5.41) is 8.53. The lowest BCUT2D eigenvalue weighted by atomic mass is 10.1. The van der Waals surface area contributed by atoms with Crippen molar-refractivity contribution in [1.82, 2.24) is 0 Å². The average Bonchev–Trinajstić information content (AvgIpc) is 2.16. The van der Waals surface area contributed by atoms with Crippen molar-refractivity contribution in [3.63, 3.8) is 0 Å². The number of benzene rings is 1. The zero-order valence-corrected chi connectivity index (χ0v) is 7.71. The van der Waals surface area contributed by atoms with Gasteiger partial charge in [-0.25, -0.2) is 13.6 Å². The number of carbonyl (C=O) groups is 1. The standard InChI is InChI=1S/C10H9F2NO2/c11-8-4-6(10(14)15)5-9(12)7(8)2-1-3-13/h1-2,4-5H,3,13H2,(H,14,15). The van der Waals surface area contributed by atoms with Gasteiger partial charge in [-0.1, -0.05) is 12.2 Å². The van der Waals surface area contributed by atoms with Gasteiger partial charge in [0.2, 0.25) is 0 Å². The van der Waals surface area contributed by atoms with Gasteiger partial charge in [0.1, 0.15) is 11.6 Å². The summed E-state index contributed by atoms with van der Waals surface area (Å²) < 4.78 is 26.4. The second kappa shape index (κ2) is 4.65. The maximum atomic E-state index is 13.2. The maximum Gasteiger partial charge on any atom is 0.335 e. The van der Waals surface area contributed by atoms with Crippen LogP contribution in [0.3, 0.4) is 0 Å². The summed E-state index contributed by atoms with van der Waals surface area (Å²) in [7, 11) is 0. The van der Waals surface area contributed by atoms with E-state index in [-0.39, 0.29) is 12.1 Å². The molecule has 3 N–H and O–H groups in total. The number of hydrogen-bond acceptors (Lipinski definition) is 2. The summed E-state index contributed by atoms with van der Waals surface area (Å²) in [5.74, 6) is -3.21. The van der Waals surface area contributed by atoms with Crippen molar-refractivity contribution in [2.24, 2.45) is 5.73 Å². The molecule has 0 saturated heterocycles. The van der Waals surface area contributed by atoms with Crippen LogP contribution in [0.15, 0.2) is 18.2 Å². The van der Waals surface area contributed by atoms with Crippen molar-refractivity contribution < 1.29 is 18.7 Å². The molecular formula is C10H9F2NO2. The molecule has 15 heavy (non-hydrogen) atoms. The third kappa shape index (κ3) is 2.60. The predicted octanol–water partition coefficient (Wildman–Crippen LogP) is 1.63. The van der Waals surface area contributed by atoms with Gasteiger partial charge in [-0.2, -0.15) is 0 Å². The molecule has 0 amide bonds. The Labute approximate surface area is 84.8 Å². The Hall–Kier alpha value is -1.75. The Bertz CT molecular complexity index is 393. The number of rotatable bonds is 3. The van der Waals surface area contributed by atoms with Gasteiger partial charge in [0.15, 0.2) is 0 Å². The Kier molecular flexibility index (Phi) is 3.51. The lowest BCUT2D eigenvalue weighted by Gasteiger charge is -2.01. The quantitative estimate of drug-likeness (QED) is 0.802. The van der Waals surface area contributed by atoms with Gasteiger partial charge in [0.25, 0.3) is 0 Å². The van der Waals surface area contributed by atoms with Crippen LogP contribution in [0.2, 0.25) is 0 Å². The fraction of sp³-hybridized carbons (Fsp3) is 0.100. The largest absolute Gasteiger partial charge is 0.478 e. The Balaban J connectivity index is 3.21. The molecule has 5 heteroatoms. The fourth-order valence-corrected chi connectivity index (χ4v) is 1.05. The molecule has 0 aliphatic heterocycles. The second-order valence-electron chi connectivity index (χ2n) is 2.80. The van der Waals surface area contributed by atoms with Crippen LogP contribution in [0.5, 0.6) is 0 Å². The summed E-state index contributed by atoms with van der Waals surface area (Å²) in [6.07, 6.45) is 2.55. The molecule has 0 spiro atoms. The molecule has 3 nitrogen and oxygen atoms in total. The van der Waals surface area contributed by atoms with Crippen molar-refractivity contribution in [2.45, 2.75) is 0 Å². The van der Waals surface area contributed by atoms with Crippen LogP contribution in [0.4, 0.5) is 8.78 Å². The van der Waals surface area contributed by atoms with Crippen LogP contribution >= 0.6 is 0 Å². The predicted molar refractivity (Wildman–Crippen MR) is 51.4 cm³/mol. The molecule has 1 aromatic carbocycles. The third-order valence-corrected chi connectivity index (χ3v) is 1.75. The van der Waals surface area contributed by atoms with Crippen LogP contribution in [0, 0.1) is 11.6 Å². The fourth-order valence-electron chi connectivity index (χ4n) is 1.05. The Morgan fingerprint density at radius 1 is 1.40 bits per heavy atom. The van der Waals surface area contributed by atoms with Crippen LogP contribution in [-0.4, -0.2) is 17.6 Å². The number of carboxylic acids is 1. The van der Waals surface area contributed by atoms with E-state index >= 15 is 0 Å². The minimum absolute atomic E-state index is 0.152. The van der Waals surface area contributed by atoms with Gasteiger partial charge in [-0.3, -0.25) is 0 Å². The van der Waals surface area contributed by atoms with Crippen LogP contribution < -0.4 is 5.73 Å². The van der Waals surface area contributed by atoms with Crippen molar-refractivity contribution in [2.75, 3.05) is 6.54 Å². The molecule has 0 saturated carbocycles. The molecule has 0 aliphatic carbocycles. The number of hydrogen-bond donors (Lipinski definition) is 2. The summed E-state index contributed by atoms with van der Waals surface area (Å²) >= 11 is 0. The van der Waals surface area contributed by atoms with Gasteiger partial charge in [0, 0.05) is 12.1 Å². The van der Waals surface area contributed by atoms with Gasteiger partial charge in [-0.15, -0.1) is 0 Å². The summed E-state index contributed by atoms with van der Waals surface area (Å²) in [5.41, 5.74) is 4.42. The number of carboxylic acid groups (broad SMARTS) is 1. The van der Waals surface area contributed by atoms with E-state index in [1.54, 1.807) is 0 Å². The first kappa shape index (κ1) is 11.3. The second-order valence-corrected chi connectivity index (χ2v) is 2.80. The minimum atomic E-state index is -1.37. The molecule has 0 fully saturated rings. The van der Waals surface area contributed by atoms with E-state index in [0.717, 1.165) is 12.1 Å². The van der Waals surface area contributed by atoms with Gasteiger partial charge < -0.3 is 10.8 Å². The molecule has 0 atom stereocenters. The van der Waals surface area contributed by atoms with E-state index in [9.17, 15) is 13.6 Å². The molecule has 0 aliphatic rings. The van der Waals surface area contributed by atoms with Gasteiger partial charge in [0.05, 0.1) is 5.56 Å². The minimum Gasteiger partial charge on any atom is -0.478 e. The number of nitrogens with two attached hydrogens (primary N) is 1. The normalized spacial score (nSPS) is 10.9. The molecule has 1 aromatic rings. The zero-order valence-electron chi connectivity index (χ0n) is 7.71. The number of halogens is 2. The van der Waals surface area contributed by atoms with Crippen molar-refractivity contribution in [3.8, 4) is 0 Å². The summed E-state index contributed by atoms with van der Waals surface area (Å²) in [6, 6.07) is 1.53. The van der Waals surface area contributed by atoms with E-state index < -0.39 is 23.2 Å². The zero-order chi connectivity index (χ0) is 11.4. The topological polar surface area (TPSA) is 63.3 Å². The first-order valence-electron chi connectivity index (χ1n) is 4.15. The molecule has 0 bridgehead atoms. The molecular weight excluding hydrogens is 204 g/mol. The highest BCUT2D eigenvalue weighted by Gasteiger charge is 2.12. The highest BCUT2D eigenvalue weighted by Crippen LogP contribution is 2.16. The van der Waals surface area contributed by atoms with E-state index in [2.05, 4.69) is 0 Å². The Morgan fingerprint density at radius 2 is 1.93 bits per heavy atom. The average molecular weight is 213 g/mol. The van der Waals surface area contributed by atoms with Crippen molar-refractivity contribution >= 4 is 12.0 Å². The Morgan fingerprint density at radius 3 is 2.33 bits per heavy atom. The first-order valence-corrected chi connectivity index (χ1v) is 4.15.